The molecule has 0 amide bonds. The first-order valence-electron chi connectivity index (χ1n) is 5.04. The zero-order valence-electron chi connectivity index (χ0n) is 9.08. The van der Waals surface area contributed by atoms with Crippen LogP contribution in [0.5, 0.6) is 0 Å². The Morgan fingerprint density at radius 1 is 1.22 bits per heavy atom. The van der Waals surface area contributed by atoms with E-state index in [4.69, 9.17) is 17.3 Å². The number of benzene rings is 2. The van der Waals surface area contributed by atoms with E-state index in [-0.39, 0.29) is 15.3 Å². The van der Waals surface area contributed by atoms with Gasteiger partial charge in [0, 0.05) is 16.8 Å². The highest BCUT2D eigenvalue weighted by Crippen LogP contribution is 2.24. The highest BCUT2D eigenvalue weighted by molar-refractivity contribution is 9.10. The van der Waals surface area contributed by atoms with Gasteiger partial charge >= 0.3 is 0 Å². The molecular weight excluding hydrogens is 321 g/mol. The molecule has 0 aliphatic carbocycles. The molecule has 0 heterocycles. The van der Waals surface area contributed by atoms with E-state index in [2.05, 4.69) is 15.9 Å². The van der Waals surface area contributed by atoms with E-state index < -0.39 is 5.82 Å². The van der Waals surface area contributed by atoms with Crippen LogP contribution in [-0.4, -0.2) is 5.78 Å². The van der Waals surface area contributed by atoms with Crippen LogP contribution in [0.1, 0.15) is 15.9 Å². The molecule has 0 unspecified atom stereocenters. The van der Waals surface area contributed by atoms with Crippen LogP contribution < -0.4 is 5.73 Å². The largest absolute Gasteiger partial charge is 0.399 e. The number of hydrogen-bond donors (Lipinski definition) is 1. The van der Waals surface area contributed by atoms with Gasteiger partial charge in [-0.2, -0.15) is 0 Å². The average molecular weight is 329 g/mol. The fourth-order valence-corrected chi connectivity index (χ4v) is 2.16. The van der Waals surface area contributed by atoms with Crippen LogP contribution in [0, 0.1) is 5.82 Å². The Kier molecular flexibility index (Phi) is 3.68. The number of nitrogen functional groups attached to an aromatic ring is 1. The molecule has 92 valence electrons. The van der Waals surface area contributed by atoms with Gasteiger partial charge in [0.2, 0.25) is 0 Å². The van der Waals surface area contributed by atoms with Crippen molar-refractivity contribution in [2.45, 2.75) is 0 Å². The summed E-state index contributed by atoms with van der Waals surface area (Å²) in [6.45, 7) is 0. The molecule has 0 fully saturated rings. The summed E-state index contributed by atoms with van der Waals surface area (Å²) >= 11 is 9.00. The topological polar surface area (TPSA) is 43.1 Å². The zero-order valence-corrected chi connectivity index (χ0v) is 11.4. The lowest BCUT2D eigenvalue weighted by molar-refractivity contribution is 0.103. The predicted octanol–water partition coefficient (Wildman–Crippen LogP) is 4.05. The SMILES string of the molecule is Nc1ccc(C(=O)c2ccc(F)c(Br)c2)c(Cl)c1. The Balaban J connectivity index is 2.44. The number of halogens is 3. The molecule has 0 saturated carbocycles. The third-order valence-electron chi connectivity index (χ3n) is 2.42. The molecule has 0 aromatic heterocycles. The molecule has 2 nitrogen and oxygen atoms in total. The number of carbonyl (C=O) groups excluding carboxylic acids is 1. The Bertz CT molecular complexity index is 630. The number of carbonyl (C=O) groups is 1. The summed E-state index contributed by atoms with van der Waals surface area (Å²) in [5, 5.41) is 0.278. The Morgan fingerprint density at radius 2 is 1.94 bits per heavy atom. The minimum atomic E-state index is -0.421. The van der Waals surface area contributed by atoms with Gasteiger partial charge in [-0.25, -0.2) is 4.39 Å². The number of anilines is 1. The first-order chi connectivity index (χ1) is 8.49. The standard InChI is InChI=1S/C13H8BrClFNO/c14-10-5-7(1-4-12(10)16)13(18)9-3-2-8(17)6-11(9)15/h1-6H,17H2. The van der Waals surface area contributed by atoms with Crippen LogP contribution in [-0.2, 0) is 0 Å². The molecule has 0 saturated heterocycles. The van der Waals surface area contributed by atoms with Gasteiger partial charge in [0.05, 0.1) is 9.50 Å². The van der Waals surface area contributed by atoms with Crippen molar-refractivity contribution in [2.24, 2.45) is 0 Å². The molecular formula is C13H8BrClFNO. The molecule has 0 aliphatic rings. The lowest BCUT2D eigenvalue weighted by atomic mass is 10.0. The first-order valence-corrected chi connectivity index (χ1v) is 6.21. The molecule has 0 bridgehead atoms. The van der Waals surface area contributed by atoms with E-state index in [0.29, 0.717) is 16.8 Å². The van der Waals surface area contributed by atoms with Crippen LogP contribution >= 0.6 is 27.5 Å². The third-order valence-corrected chi connectivity index (χ3v) is 3.34. The van der Waals surface area contributed by atoms with Crippen LogP contribution in [0.15, 0.2) is 40.9 Å². The molecule has 18 heavy (non-hydrogen) atoms. The fraction of sp³-hybridized carbons (Fsp3) is 0. The van der Waals surface area contributed by atoms with Gasteiger partial charge in [-0.3, -0.25) is 4.79 Å². The van der Waals surface area contributed by atoms with Crippen LogP contribution in [0.2, 0.25) is 5.02 Å². The molecule has 2 rings (SSSR count). The van der Waals surface area contributed by atoms with Gasteiger partial charge in [-0.1, -0.05) is 11.6 Å². The van der Waals surface area contributed by atoms with Crippen LogP contribution in [0.4, 0.5) is 10.1 Å². The fourth-order valence-electron chi connectivity index (χ4n) is 1.51. The van der Waals surface area contributed by atoms with Gasteiger partial charge < -0.3 is 5.73 Å². The zero-order chi connectivity index (χ0) is 13.3. The summed E-state index contributed by atoms with van der Waals surface area (Å²) in [5.74, 6) is -0.698. The summed E-state index contributed by atoms with van der Waals surface area (Å²) in [4.78, 5) is 12.2. The molecule has 2 aromatic carbocycles. The van der Waals surface area contributed by atoms with Gasteiger partial charge in [0.15, 0.2) is 5.78 Å². The lowest BCUT2D eigenvalue weighted by Crippen LogP contribution is -2.03. The van der Waals surface area contributed by atoms with Crippen molar-refractivity contribution in [3.63, 3.8) is 0 Å². The molecule has 0 aliphatic heterocycles. The van der Waals surface area contributed by atoms with Crippen molar-refractivity contribution in [1.82, 2.24) is 0 Å². The maximum absolute atomic E-state index is 13.1. The van der Waals surface area contributed by atoms with Gasteiger partial charge in [-0.15, -0.1) is 0 Å². The van der Waals surface area contributed by atoms with Crippen molar-refractivity contribution in [3.8, 4) is 0 Å². The van der Waals surface area contributed by atoms with E-state index in [1.54, 1.807) is 12.1 Å². The van der Waals surface area contributed by atoms with Gasteiger partial charge in [0.25, 0.3) is 0 Å². The quantitative estimate of drug-likeness (QED) is 0.667. The Morgan fingerprint density at radius 3 is 2.56 bits per heavy atom. The van der Waals surface area contributed by atoms with E-state index in [0.717, 1.165) is 0 Å². The first kappa shape index (κ1) is 13.1. The molecule has 0 atom stereocenters. The third kappa shape index (κ3) is 2.54. The smallest absolute Gasteiger partial charge is 0.194 e. The lowest BCUT2D eigenvalue weighted by Gasteiger charge is -2.05. The van der Waals surface area contributed by atoms with E-state index >= 15 is 0 Å². The van der Waals surface area contributed by atoms with Crippen molar-refractivity contribution in [1.29, 1.82) is 0 Å². The minimum Gasteiger partial charge on any atom is -0.399 e. The monoisotopic (exact) mass is 327 g/mol. The predicted molar refractivity (Wildman–Crippen MR) is 73.4 cm³/mol. The van der Waals surface area contributed by atoms with Crippen molar-refractivity contribution in [2.75, 3.05) is 5.73 Å². The molecule has 0 spiro atoms. The highest BCUT2D eigenvalue weighted by atomic mass is 79.9. The average Bonchev–Trinajstić information content (AvgIpc) is 2.32. The molecule has 0 radical (unpaired) electrons. The molecule has 5 heteroatoms. The van der Waals surface area contributed by atoms with E-state index in [1.807, 2.05) is 0 Å². The second-order valence-corrected chi connectivity index (χ2v) is 4.96. The normalized spacial score (nSPS) is 10.4. The highest BCUT2D eigenvalue weighted by Gasteiger charge is 2.14. The van der Waals surface area contributed by atoms with Gasteiger partial charge in [0.1, 0.15) is 5.82 Å². The van der Waals surface area contributed by atoms with Crippen molar-refractivity contribution >= 4 is 39.0 Å². The Labute approximate surface area is 117 Å². The van der Waals surface area contributed by atoms with Crippen LogP contribution in [0.3, 0.4) is 0 Å². The summed E-state index contributed by atoms with van der Waals surface area (Å²) in [7, 11) is 0. The van der Waals surface area contributed by atoms with Crippen molar-refractivity contribution in [3.05, 3.63) is 62.8 Å². The van der Waals surface area contributed by atoms with E-state index in [1.165, 1.54) is 24.3 Å². The maximum atomic E-state index is 13.1. The minimum absolute atomic E-state index is 0.236. The molecule has 2 N–H and O–H groups in total. The molecule has 2 aromatic rings. The second kappa shape index (κ2) is 5.08. The van der Waals surface area contributed by atoms with Crippen molar-refractivity contribution < 1.29 is 9.18 Å². The summed E-state index contributed by atoms with van der Waals surface area (Å²) in [5.41, 5.74) is 6.73. The summed E-state index contributed by atoms with van der Waals surface area (Å²) < 4.78 is 13.3. The number of nitrogens with two attached hydrogens (primary N) is 1. The van der Waals surface area contributed by atoms with Gasteiger partial charge in [-0.05, 0) is 52.3 Å². The number of rotatable bonds is 2. The van der Waals surface area contributed by atoms with E-state index in [9.17, 15) is 9.18 Å². The number of ketones is 1. The Hall–Kier alpha value is -1.39. The summed E-state index contributed by atoms with van der Waals surface area (Å²) in [6, 6.07) is 8.71. The maximum Gasteiger partial charge on any atom is 0.194 e. The van der Waals surface area contributed by atoms with Crippen LogP contribution in [0.25, 0.3) is 0 Å². The number of hydrogen-bond acceptors (Lipinski definition) is 2. The second-order valence-electron chi connectivity index (χ2n) is 3.70. The summed E-state index contributed by atoms with van der Waals surface area (Å²) in [6.07, 6.45) is 0.